The number of carbonyl (C=O) groups excluding carboxylic acids is 2. The summed E-state index contributed by atoms with van der Waals surface area (Å²) in [5, 5.41) is 2.11. The van der Waals surface area contributed by atoms with Gasteiger partial charge in [-0.2, -0.15) is 13.2 Å². The van der Waals surface area contributed by atoms with Gasteiger partial charge in [-0.1, -0.05) is 6.07 Å². The fourth-order valence-corrected chi connectivity index (χ4v) is 3.32. The molecular formula is C19H20F6N4O2. The highest BCUT2D eigenvalue weighted by molar-refractivity contribution is 6.13. The van der Waals surface area contributed by atoms with Gasteiger partial charge in [-0.3, -0.25) is 14.6 Å². The molecule has 0 radical (unpaired) electrons. The third-order valence-electron chi connectivity index (χ3n) is 4.78. The summed E-state index contributed by atoms with van der Waals surface area (Å²) in [5.41, 5.74) is 1.64. The van der Waals surface area contributed by atoms with E-state index in [0.29, 0.717) is 13.0 Å². The van der Waals surface area contributed by atoms with Gasteiger partial charge in [-0.05, 0) is 18.2 Å². The van der Waals surface area contributed by atoms with Gasteiger partial charge in [0, 0.05) is 39.2 Å². The van der Waals surface area contributed by atoms with Gasteiger partial charge in [0.15, 0.2) is 0 Å². The normalized spacial score (nSPS) is 20.9. The van der Waals surface area contributed by atoms with E-state index < -0.39 is 58.5 Å². The Hall–Kier alpha value is -3.05. The Labute approximate surface area is 173 Å². The van der Waals surface area contributed by atoms with Crippen LogP contribution in [0.15, 0.2) is 35.0 Å². The lowest BCUT2D eigenvalue weighted by molar-refractivity contribution is -0.135. The number of nitrogens with zero attached hydrogens (tertiary/aromatic N) is 2. The Balaban J connectivity index is 2.43. The van der Waals surface area contributed by atoms with Crippen molar-refractivity contribution in [1.82, 2.24) is 4.90 Å². The lowest BCUT2D eigenvalue weighted by Crippen LogP contribution is -2.36. The summed E-state index contributed by atoms with van der Waals surface area (Å²) in [4.78, 5) is 30.2. The largest absolute Gasteiger partial charge is 0.430 e. The van der Waals surface area contributed by atoms with Gasteiger partial charge in [0.05, 0.1) is 11.3 Å². The maximum Gasteiger partial charge on any atom is 0.430 e. The Morgan fingerprint density at radius 1 is 1.29 bits per heavy atom. The Morgan fingerprint density at radius 3 is 2.42 bits per heavy atom. The molecule has 1 heterocycles. The van der Waals surface area contributed by atoms with Crippen molar-refractivity contribution in [3.8, 4) is 0 Å². The standard InChI is InChI=1S/C19H20F6N4O2/c1-18(21,22)15-10(20)5-4-6-11(15)28-16(30)14-9(8-29(3)17(14)31)12(27-2)7-13(26)19(23,24)25/h4-7,9,14H,8,26H2,1-3H3,(H,28,30)/b13-7-,27-12?/t9-,14+/m1/s1. The second-order valence-electron chi connectivity index (χ2n) is 7.09. The third-order valence-corrected chi connectivity index (χ3v) is 4.78. The van der Waals surface area contributed by atoms with Crippen LogP contribution in [0.5, 0.6) is 0 Å². The summed E-state index contributed by atoms with van der Waals surface area (Å²) >= 11 is 0. The van der Waals surface area contributed by atoms with Crippen molar-refractivity contribution in [2.24, 2.45) is 22.6 Å². The molecule has 0 bridgehead atoms. The van der Waals surface area contributed by atoms with E-state index in [1.807, 2.05) is 0 Å². The first kappa shape index (κ1) is 24.2. The highest BCUT2D eigenvalue weighted by Gasteiger charge is 2.46. The summed E-state index contributed by atoms with van der Waals surface area (Å²) < 4.78 is 80.1. The minimum atomic E-state index is -4.86. The van der Waals surface area contributed by atoms with Crippen LogP contribution in [0.3, 0.4) is 0 Å². The maximum absolute atomic E-state index is 14.0. The molecule has 2 rings (SSSR count). The number of hydrogen-bond acceptors (Lipinski definition) is 4. The average molecular weight is 450 g/mol. The van der Waals surface area contributed by atoms with E-state index in [9.17, 15) is 35.9 Å². The van der Waals surface area contributed by atoms with Gasteiger partial charge in [0.25, 0.3) is 5.92 Å². The summed E-state index contributed by atoms with van der Waals surface area (Å²) in [7, 11) is 2.48. The zero-order valence-electron chi connectivity index (χ0n) is 16.7. The number of alkyl halides is 5. The molecule has 0 spiro atoms. The second-order valence-corrected chi connectivity index (χ2v) is 7.09. The highest BCUT2D eigenvalue weighted by Crippen LogP contribution is 2.36. The lowest BCUT2D eigenvalue weighted by atomic mass is 9.89. The molecule has 3 N–H and O–H groups in total. The number of amides is 2. The molecule has 1 aromatic carbocycles. The number of nitrogens with two attached hydrogens (primary N) is 1. The zero-order valence-corrected chi connectivity index (χ0v) is 16.7. The molecule has 2 amide bonds. The second kappa shape index (κ2) is 8.60. The molecule has 0 aliphatic carbocycles. The number of rotatable bonds is 5. The van der Waals surface area contributed by atoms with Crippen molar-refractivity contribution in [3.63, 3.8) is 0 Å². The monoisotopic (exact) mass is 450 g/mol. The molecule has 31 heavy (non-hydrogen) atoms. The summed E-state index contributed by atoms with van der Waals surface area (Å²) in [6, 6.07) is 2.90. The first-order valence-electron chi connectivity index (χ1n) is 8.92. The quantitative estimate of drug-likeness (QED) is 0.411. The number of aliphatic imine (C=N–C) groups is 1. The molecule has 1 aliphatic heterocycles. The van der Waals surface area contributed by atoms with Crippen LogP contribution >= 0.6 is 0 Å². The van der Waals surface area contributed by atoms with Gasteiger partial charge in [-0.15, -0.1) is 0 Å². The topological polar surface area (TPSA) is 87.8 Å². The SMILES string of the molecule is CN=C(/C=C(\N)C(F)(F)F)[C@H]1CN(C)C(=O)[C@@H]1C(=O)Nc1cccc(F)c1C(C)(F)F. The molecule has 1 fully saturated rings. The molecule has 12 heteroatoms. The van der Waals surface area contributed by atoms with E-state index in [4.69, 9.17) is 5.73 Å². The van der Waals surface area contributed by atoms with E-state index in [2.05, 4.69) is 10.3 Å². The summed E-state index contributed by atoms with van der Waals surface area (Å²) in [6.07, 6.45) is -4.34. The van der Waals surface area contributed by atoms with Crippen molar-refractivity contribution >= 4 is 23.2 Å². The number of benzene rings is 1. The molecular weight excluding hydrogens is 430 g/mol. The van der Waals surface area contributed by atoms with Crippen LogP contribution in [-0.4, -0.2) is 49.2 Å². The Morgan fingerprint density at radius 2 is 1.90 bits per heavy atom. The molecule has 1 aliphatic rings. The molecule has 170 valence electrons. The predicted molar refractivity (Wildman–Crippen MR) is 101 cm³/mol. The van der Waals surface area contributed by atoms with Crippen molar-refractivity contribution in [1.29, 1.82) is 0 Å². The molecule has 0 saturated carbocycles. The van der Waals surface area contributed by atoms with E-state index in [-0.39, 0.29) is 12.3 Å². The number of nitrogens with one attached hydrogen (secondary N) is 1. The zero-order chi connectivity index (χ0) is 23.7. The molecule has 1 aromatic rings. The summed E-state index contributed by atoms with van der Waals surface area (Å²) in [6.45, 7) is 0.274. The fraction of sp³-hybridized carbons (Fsp3) is 0.421. The number of anilines is 1. The van der Waals surface area contributed by atoms with E-state index >= 15 is 0 Å². The van der Waals surface area contributed by atoms with Crippen LogP contribution in [0.25, 0.3) is 0 Å². The van der Waals surface area contributed by atoms with Gasteiger partial charge in [-0.25, -0.2) is 13.2 Å². The minimum Gasteiger partial charge on any atom is -0.395 e. The first-order valence-corrected chi connectivity index (χ1v) is 8.92. The van der Waals surface area contributed by atoms with Crippen molar-refractivity contribution in [2.45, 2.75) is 19.0 Å². The van der Waals surface area contributed by atoms with Crippen molar-refractivity contribution in [3.05, 3.63) is 41.4 Å². The molecule has 0 aromatic heterocycles. The summed E-state index contributed by atoms with van der Waals surface area (Å²) in [5.74, 6) is -9.48. The van der Waals surface area contributed by atoms with Crippen LogP contribution < -0.4 is 11.1 Å². The lowest BCUT2D eigenvalue weighted by Gasteiger charge is -2.20. The Bertz CT molecular complexity index is 936. The number of allylic oxidation sites excluding steroid dienone is 2. The van der Waals surface area contributed by atoms with E-state index in [1.165, 1.54) is 7.05 Å². The van der Waals surface area contributed by atoms with Crippen LogP contribution in [0.4, 0.5) is 32.0 Å². The maximum atomic E-state index is 14.0. The fourth-order valence-electron chi connectivity index (χ4n) is 3.32. The minimum absolute atomic E-state index is 0.162. The molecule has 2 atom stereocenters. The van der Waals surface area contributed by atoms with Gasteiger partial charge in [0.2, 0.25) is 11.8 Å². The van der Waals surface area contributed by atoms with Gasteiger partial charge < -0.3 is 16.0 Å². The smallest absolute Gasteiger partial charge is 0.395 e. The van der Waals surface area contributed by atoms with Crippen LogP contribution in [0, 0.1) is 17.7 Å². The molecule has 0 unspecified atom stereocenters. The molecule has 6 nitrogen and oxygen atoms in total. The highest BCUT2D eigenvalue weighted by atomic mass is 19.4. The average Bonchev–Trinajstić information content (AvgIpc) is 2.92. The van der Waals surface area contributed by atoms with Crippen molar-refractivity contribution in [2.75, 3.05) is 26.0 Å². The number of carbonyl (C=O) groups is 2. The van der Waals surface area contributed by atoms with Crippen molar-refractivity contribution < 1.29 is 35.9 Å². The van der Waals surface area contributed by atoms with Gasteiger partial charge >= 0.3 is 6.18 Å². The van der Waals surface area contributed by atoms with Crippen LogP contribution in [0.1, 0.15) is 12.5 Å². The van der Waals surface area contributed by atoms with E-state index in [0.717, 1.165) is 30.1 Å². The predicted octanol–water partition coefficient (Wildman–Crippen LogP) is 3.06. The van der Waals surface area contributed by atoms with Gasteiger partial charge in [0.1, 0.15) is 17.4 Å². The number of hydrogen-bond donors (Lipinski definition) is 2. The van der Waals surface area contributed by atoms with Crippen LogP contribution in [-0.2, 0) is 15.5 Å². The first-order chi connectivity index (χ1) is 14.2. The number of halogens is 6. The van der Waals surface area contributed by atoms with E-state index in [1.54, 1.807) is 0 Å². The Kier molecular flexibility index (Phi) is 6.72. The third kappa shape index (κ3) is 5.17. The number of likely N-dealkylation sites (tertiary alicyclic amines) is 1. The van der Waals surface area contributed by atoms with Crippen LogP contribution in [0.2, 0.25) is 0 Å². The molecule has 1 saturated heterocycles.